The van der Waals surface area contributed by atoms with Crippen LogP contribution in [0.15, 0.2) is 27.8 Å². The molecular weight excluding hydrogens is 326 g/mol. The summed E-state index contributed by atoms with van der Waals surface area (Å²) in [6.07, 6.45) is 0. The molecule has 0 heterocycles. The van der Waals surface area contributed by atoms with Crippen LogP contribution >= 0.6 is 15.9 Å². The largest absolute Gasteiger partial charge is 0.496 e. The molecule has 6 nitrogen and oxygen atoms in total. The van der Waals surface area contributed by atoms with Gasteiger partial charge in [0.25, 0.3) is 5.91 Å². The maximum absolute atomic E-state index is 12.6. The molecule has 0 saturated carbocycles. The number of benzene rings is 1. The smallest absolute Gasteiger partial charge is 0.258 e. The Morgan fingerprint density at radius 1 is 1.55 bits per heavy atom. The van der Waals surface area contributed by atoms with Gasteiger partial charge < -0.3 is 20.6 Å². The summed E-state index contributed by atoms with van der Waals surface area (Å²) in [6, 6.07) is 5.05. The number of methoxy groups -OCH3 is 1. The van der Waals surface area contributed by atoms with Crippen molar-refractivity contribution in [1.82, 2.24) is 4.90 Å². The van der Waals surface area contributed by atoms with Crippen molar-refractivity contribution >= 4 is 27.7 Å². The van der Waals surface area contributed by atoms with Crippen molar-refractivity contribution in [2.45, 2.75) is 19.9 Å². The molecule has 0 fully saturated rings. The highest BCUT2D eigenvalue weighted by molar-refractivity contribution is 9.10. The fraction of sp³-hybridized carbons (Fsp3) is 0.385. The Hall–Kier alpha value is -1.76. The van der Waals surface area contributed by atoms with Crippen LogP contribution < -0.4 is 10.5 Å². The quantitative estimate of drug-likeness (QED) is 0.370. The summed E-state index contributed by atoms with van der Waals surface area (Å²) in [7, 11) is 1.50. The zero-order valence-electron chi connectivity index (χ0n) is 11.6. The summed E-state index contributed by atoms with van der Waals surface area (Å²) in [6.45, 7) is 3.76. The summed E-state index contributed by atoms with van der Waals surface area (Å²) in [5.41, 5.74) is 5.92. The van der Waals surface area contributed by atoms with Crippen LogP contribution in [0.25, 0.3) is 0 Å². The van der Waals surface area contributed by atoms with E-state index < -0.39 is 0 Å². The molecule has 0 aromatic heterocycles. The van der Waals surface area contributed by atoms with Crippen molar-refractivity contribution in [3.8, 4) is 5.75 Å². The van der Waals surface area contributed by atoms with Crippen LogP contribution in [0.1, 0.15) is 24.2 Å². The maximum atomic E-state index is 12.6. The predicted molar refractivity (Wildman–Crippen MR) is 80.3 cm³/mol. The second kappa shape index (κ2) is 7.14. The first-order chi connectivity index (χ1) is 9.40. The molecule has 0 aliphatic carbocycles. The zero-order chi connectivity index (χ0) is 15.3. The third-order valence-corrected chi connectivity index (χ3v) is 3.23. The van der Waals surface area contributed by atoms with Crippen molar-refractivity contribution in [2.75, 3.05) is 13.7 Å². The number of amidine groups is 1. The molecule has 20 heavy (non-hydrogen) atoms. The van der Waals surface area contributed by atoms with Crippen molar-refractivity contribution in [2.24, 2.45) is 10.9 Å². The van der Waals surface area contributed by atoms with E-state index in [1.807, 2.05) is 13.8 Å². The summed E-state index contributed by atoms with van der Waals surface area (Å²) in [5, 5.41) is 11.6. The molecule has 7 heteroatoms. The van der Waals surface area contributed by atoms with Crippen molar-refractivity contribution in [3.05, 3.63) is 28.2 Å². The van der Waals surface area contributed by atoms with E-state index in [1.54, 1.807) is 18.2 Å². The number of rotatable bonds is 5. The predicted octanol–water partition coefficient (Wildman–Crippen LogP) is 2.05. The minimum atomic E-state index is -0.240. The monoisotopic (exact) mass is 343 g/mol. The van der Waals surface area contributed by atoms with E-state index in [4.69, 9.17) is 15.7 Å². The van der Waals surface area contributed by atoms with E-state index in [2.05, 4.69) is 21.1 Å². The third-order valence-electron chi connectivity index (χ3n) is 2.74. The van der Waals surface area contributed by atoms with Crippen molar-refractivity contribution in [3.63, 3.8) is 0 Å². The van der Waals surface area contributed by atoms with Gasteiger partial charge >= 0.3 is 0 Å². The molecule has 3 N–H and O–H groups in total. The van der Waals surface area contributed by atoms with Gasteiger partial charge in [0, 0.05) is 10.5 Å². The summed E-state index contributed by atoms with van der Waals surface area (Å²) in [5.74, 6) is 0.202. The Kier molecular flexibility index (Phi) is 5.82. The average molecular weight is 344 g/mol. The van der Waals surface area contributed by atoms with Gasteiger partial charge in [-0.3, -0.25) is 4.79 Å². The van der Waals surface area contributed by atoms with E-state index in [0.29, 0.717) is 11.3 Å². The van der Waals surface area contributed by atoms with Crippen LogP contribution in [0.2, 0.25) is 0 Å². The number of nitrogens with two attached hydrogens (primary N) is 1. The summed E-state index contributed by atoms with van der Waals surface area (Å²) >= 11 is 3.33. The molecule has 110 valence electrons. The SMILES string of the molecule is COc1cc(Br)ccc1C(=O)N(C/C(N)=N/O)C(C)C. The second-order valence-electron chi connectivity index (χ2n) is 4.46. The topological polar surface area (TPSA) is 88.2 Å². The molecule has 0 radical (unpaired) electrons. The van der Waals surface area contributed by atoms with Crippen LogP contribution in [0.4, 0.5) is 0 Å². The molecule has 0 bridgehead atoms. The van der Waals surface area contributed by atoms with Crippen LogP contribution in [0.3, 0.4) is 0 Å². The first kappa shape index (κ1) is 16.3. The van der Waals surface area contributed by atoms with Gasteiger partial charge in [-0.2, -0.15) is 0 Å². The van der Waals surface area contributed by atoms with Crippen LogP contribution in [-0.2, 0) is 0 Å². The Balaban J connectivity index is 3.12. The molecule has 0 saturated heterocycles. The molecule has 0 unspecified atom stereocenters. The van der Waals surface area contributed by atoms with Crippen molar-refractivity contribution in [1.29, 1.82) is 0 Å². The first-order valence-corrected chi connectivity index (χ1v) is 6.81. The van der Waals surface area contributed by atoms with Gasteiger partial charge in [0.15, 0.2) is 5.84 Å². The van der Waals surface area contributed by atoms with Crippen LogP contribution in [-0.4, -0.2) is 41.5 Å². The van der Waals surface area contributed by atoms with Gasteiger partial charge in [-0.15, -0.1) is 0 Å². The summed E-state index contributed by atoms with van der Waals surface area (Å²) < 4.78 is 6.04. The van der Waals surface area contributed by atoms with E-state index in [0.717, 1.165) is 4.47 Å². The standard InChI is InChI=1S/C13H18BrN3O3/c1-8(2)17(7-12(15)16-19)13(18)10-5-4-9(14)6-11(10)20-3/h4-6,8,19H,7H2,1-3H3,(H2,15,16). The van der Waals surface area contributed by atoms with Crippen molar-refractivity contribution < 1.29 is 14.7 Å². The maximum Gasteiger partial charge on any atom is 0.258 e. The fourth-order valence-electron chi connectivity index (χ4n) is 1.69. The minimum Gasteiger partial charge on any atom is -0.496 e. The number of amides is 1. The van der Waals surface area contributed by atoms with E-state index in [-0.39, 0.29) is 24.3 Å². The number of oxime groups is 1. The van der Waals surface area contributed by atoms with Gasteiger partial charge in [-0.1, -0.05) is 21.1 Å². The Morgan fingerprint density at radius 3 is 2.70 bits per heavy atom. The van der Waals surface area contributed by atoms with E-state index >= 15 is 0 Å². The van der Waals surface area contributed by atoms with Gasteiger partial charge in [-0.05, 0) is 32.0 Å². The number of carbonyl (C=O) groups excluding carboxylic acids is 1. The Bertz CT molecular complexity index is 518. The number of carbonyl (C=O) groups is 1. The number of hydrogen-bond donors (Lipinski definition) is 2. The average Bonchev–Trinajstić information content (AvgIpc) is 2.43. The van der Waals surface area contributed by atoms with Gasteiger partial charge in [0.2, 0.25) is 0 Å². The normalized spacial score (nSPS) is 11.6. The minimum absolute atomic E-state index is 0.0249. The van der Waals surface area contributed by atoms with E-state index in [1.165, 1.54) is 12.0 Å². The molecular formula is C13H18BrN3O3. The summed E-state index contributed by atoms with van der Waals surface area (Å²) in [4.78, 5) is 14.1. The van der Waals surface area contributed by atoms with Crippen LogP contribution in [0, 0.1) is 0 Å². The highest BCUT2D eigenvalue weighted by Gasteiger charge is 2.23. The Labute approximate surface area is 126 Å². The highest BCUT2D eigenvalue weighted by Crippen LogP contribution is 2.25. The number of halogens is 1. The third kappa shape index (κ3) is 3.86. The molecule has 0 aliphatic heterocycles. The van der Waals surface area contributed by atoms with Gasteiger partial charge in [0.05, 0.1) is 19.2 Å². The lowest BCUT2D eigenvalue weighted by Crippen LogP contribution is -2.43. The zero-order valence-corrected chi connectivity index (χ0v) is 13.2. The first-order valence-electron chi connectivity index (χ1n) is 6.01. The number of nitrogens with zero attached hydrogens (tertiary/aromatic N) is 2. The lowest BCUT2D eigenvalue weighted by molar-refractivity contribution is 0.0730. The molecule has 0 atom stereocenters. The fourth-order valence-corrected chi connectivity index (χ4v) is 2.03. The highest BCUT2D eigenvalue weighted by atomic mass is 79.9. The Morgan fingerprint density at radius 2 is 2.20 bits per heavy atom. The number of ether oxygens (including phenoxy) is 1. The van der Waals surface area contributed by atoms with E-state index in [9.17, 15) is 4.79 Å². The second-order valence-corrected chi connectivity index (χ2v) is 5.38. The molecule has 0 aliphatic rings. The lowest BCUT2D eigenvalue weighted by Gasteiger charge is -2.26. The molecule has 1 amide bonds. The van der Waals surface area contributed by atoms with Gasteiger partial charge in [-0.25, -0.2) is 0 Å². The molecule has 0 spiro atoms. The number of hydrogen-bond acceptors (Lipinski definition) is 4. The molecule has 1 aromatic rings. The molecule has 1 aromatic carbocycles. The van der Waals surface area contributed by atoms with Crippen LogP contribution in [0.5, 0.6) is 5.75 Å². The lowest BCUT2D eigenvalue weighted by atomic mass is 10.1. The van der Waals surface area contributed by atoms with Gasteiger partial charge in [0.1, 0.15) is 5.75 Å². The molecule has 1 rings (SSSR count).